The van der Waals surface area contributed by atoms with Crippen molar-refractivity contribution >= 4 is 27.6 Å². The fraction of sp³-hybridized carbons (Fsp3) is 0.118. The van der Waals surface area contributed by atoms with Crippen LogP contribution in [0.15, 0.2) is 122 Å². The maximum absolute atomic E-state index is 12.9. The smallest absolute Gasteiger partial charge is 0.344 e. The number of fused-ring (bicyclic) bond motifs is 2. The molecule has 2 heterocycles. The van der Waals surface area contributed by atoms with Crippen molar-refractivity contribution in [3.8, 4) is 33.4 Å². The second kappa shape index (κ2) is 10.1. The first-order valence-corrected chi connectivity index (χ1v) is 13.1. The van der Waals surface area contributed by atoms with E-state index in [1.807, 2.05) is 91.0 Å². The van der Waals surface area contributed by atoms with Crippen LogP contribution in [0.3, 0.4) is 0 Å². The highest BCUT2D eigenvalue weighted by Gasteiger charge is 2.12. The molecular weight excluding hydrogens is 486 g/mol. The average molecular weight is 514 g/mol. The lowest BCUT2D eigenvalue weighted by atomic mass is 9.98. The van der Waals surface area contributed by atoms with Crippen molar-refractivity contribution < 1.29 is 8.83 Å². The SMILES string of the molecule is CCN(CC)c1ccc2cc(-c3ccc(-c4ccc(-c5cc6ccccc6oc5=O)cc4)cc3)c(=O)oc2c1. The zero-order chi connectivity index (χ0) is 26.9. The minimum atomic E-state index is -0.357. The topological polar surface area (TPSA) is 63.7 Å². The summed E-state index contributed by atoms with van der Waals surface area (Å²) in [4.78, 5) is 27.6. The average Bonchev–Trinajstić information content (AvgIpc) is 2.97. The van der Waals surface area contributed by atoms with Gasteiger partial charge >= 0.3 is 11.3 Å². The Hall–Kier alpha value is -4.90. The Balaban J connectivity index is 1.28. The molecule has 0 radical (unpaired) electrons. The molecule has 0 bridgehead atoms. The standard InChI is InChI=1S/C34H27NO4/c1-3-35(4-2)28-18-17-27-20-30(34(37)39-32(27)21-28)25-15-11-23(12-16-25)22-9-13-24(14-10-22)29-19-26-7-5-6-8-31(26)38-33(29)36/h5-21H,3-4H2,1-2H3. The molecule has 0 saturated heterocycles. The second-order valence-electron chi connectivity index (χ2n) is 9.48. The molecule has 6 aromatic rings. The zero-order valence-corrected chi connectivity index (χ0v) is 21.8. The molecule has 6 rings (SSSR count). The van der Waals surface area contributed by atoms with E-state index >= 15 is 0 Å². The second-order valence-corrected chi connectivity index (χ2v) is 9.48. The van der Waals surface area contributed by atoms with Gasteiger partial charge in [0.25, 0.3) is 0 Å². The molecule has 2 aromatic heterocycles. The Kier molecular flexibility index (Phi) is 6.33. The first kappa shape index (κ1) is 24.4. The molecule has 0 fully saturated rings. The lowest BCUT2D eigenvalue weighted by Gasteiger charge is -2.21. The van der Waals surface area contributed by atoms with E-state index in [4.69, 9.17) is 8.83 Å². The van der Waals surface area contributed by atoms with Crippen molar-refractivity contribution in [2.45, 2.75) is 13.8 Å². The van der Waals surface area contributed by atoms with Gasteiger partial charge < -0.3 is 13.7 Å². The number of nitrogens with zero attached hydrogens (tertiary/aromatic N) is 1. The Labute approximate surface area is 225 Å². The molecule has 39 heavy (non-hydrogen) atoms. The van der Waals surface area contributed by atoms with Crippen LogP contribution in [0.4, 0.5) is 5.69 Å². The minimum absolute atomic E-state index is 0.356. The maximum atomic E-state index is 12.9. The summed E-state index contributed by atoms with van der Waals surface area (Å²) in [6.45, 7) is 5.99. The summed E-state index contributed by atoms with van der Waals surface area (Å²) in [6.07, 6.45) is 0. The molecule has 4 aromatic carbocycles. The van der Waals surface area contributed by atoms with Gasteiger partial charge in [0, 0.05) is 35.6 Å². The summed E-state index contributed by atoms with van der Waals surface area (Å²) < 4.78 is 11.2. The molecule has 0 aliphatic rings. The van der Waals surface area contributed by atoms with Crippen molar-refractivity contribution in [3.63, 3.8) is 0 Å². The summed E-state index contributed by atoms with van der Waals surface area (Å²) in [5.41, 5.74) is 6.16. The van der Waals surface area contributed by atoms with Gasteiger partial charge in [-0.1, -0.05) is 66.7 Å². The van der Waals surface area contributed by atoms with Gasteiger partial charge in [0.15, 0.2) is 0 Å². The number of hydrogen-bond donors (Lipinski definition) is 0. The van der Waals surface area contributed by atoms with E-state index in [2.05, 4.69) is 24.8 Å². The molecule has 0 atom stereocenters. The quantitative estimate of drug-likeness (QED) is 0.213. The third-order valence-corrected chi connectivity index (χ3v) is 7.21. The van der Waals surface area contributed by atoms with Crippen LogP contribution in [0.25, 0.3) is 55.3 Å². The highest BCUT2D eigenvalue weighted by atomic mass is 16.4. The fourth-order valence-electron chi connectivity index (χ4n) is 5.03. The first-order valence-electron chi connectivity index (χ1n) is 13.1. The van der Waals surface area contributed by atoms with Crippen LogP contribution < -0.4 is 16.2 Å². The number of hydrogen-bond acceptors (Lipinski definition) is 5. The van der Waals surface area contributed by atoms with Gasteiger partial charge in [-0.05, 0) is 66.4 Å². The van der Waals surface area contributed by atoms with E-state index in [0.29, 0.717) is 22.3 Å². The van der Waals surface area contributed by atoms with Gasteiger partial charge in [0.05, 0.1) is 11.1 Å². The van der Waals surface area contributed by atoms with E-state index in [9.17, 15) is 9.59 Å². The normalized spacial score (nSPS) is 11.2. The third kappa shape index (κ3) is 4.64. The predicted molar refractivity (Wildman–Crippen MR) is 158 cm³/mol. The van der Waals surface area contributed by atoms with Crippen molar-refractivity contribution in [2.75, 3.05) is 18.0 Å². The molecule has 5 nitrogen and oxygen atoms in total. The van der Waals surface area contributed by atoms with Gasteiger partial charge in [-0.15, -0.1) is 0 Å². The van der Waals surface area contributed by atoms with Crippen molar-refractivity contribution in [1.82, 2.24) is 0 Å². The molecule has 0 saturated carbocycles. The highest BCUT2D eigenvalue weighted by molar-refractivity contribution is 5.85. The molecule has 0 spiro atoms. The van der Waals surface area contributed by atoms with Crippen LogP contribution in [0.2, 0.25) is 0 Å². The molecule has 192 valence electrons. The number of para-hydroxylation sites is 1. The molecule has 0 amide bonds. The summed E-state index contributed by atoms with van der Waals surface area (Å²) in [7, 11) is 0. The van der Waals surface area contributed by atoms with Gasteiger partial charge in [0.1, 0.15) is 11.2 Å². The van der Waals surface area contributed by atoms with Crippen LogP contribution in [0.1, 0.15) is 13.8 Å². The van der Waals surface area contributed by atoms with Crippen LogP contribution in [-0.4, -0.2) is 13.1 Å². The molecule has 0 N–H and O–H groups in total. The van der Waals surface area contributed by atoms with Gasteiger partial charge in [0.2, 0.25) is 0 Å². The maximum Gasteiger partial charge on any atom is 0.344 e. The van der Waals surface area contributed by atoms with E-state index in [0.717, 1.165) is 51.8 Å². The Morgan fingerprint density at radius 2 is 1.03 bits per heavy atom. The molecular formula is C34H27NO4. The van der Waals surface area contributed by atoms with E-state index in [-0.39, 0.29) is 11.3 Å². The van der Waals surface area contributed by atoms with Crippen LogP contribution in [0.5, 0.6) is 0 Å². The highest BCUT2D eigenvalue weighted by Crippen LogP contribution is 2.29. The predicted octanol–water partition coefficient (Wildman–Crippen LogP) is 7.75. The fourth-order valence-corrected chi connectivity index (χ4v) is 5.03. The van der Waals surface area contributed by atoms with Crippen LogP contribution >= 0.6 is 0 Å². The van der Waals surface area contributed by atoms with E-state index in [1.165, 1.54) is 0 Å². The lowest BCUT2D eigenvalue weighted by molar-refractivity contribution is 0.563. The Morgan fingerprint density at radius 1 is 0.538 bits per heavy atom. The molecule has 0 unspecified atom stereocenters. The van der Waals surface area contributed by atoms with Crippen molar-refractivity contribution in [3.05, 3.63) is 124 Å². The summed E-state index contributed by atoms with van der Waals surface area (Å²) in [5.74, 6) is 0. The lowest BCUT2D eigenvalue weighted by Crippen LogP contribution is -2.21. The summed E-state index contributed by atoms with van der Waals surface area (Å²) in [5, 5.41) is 1.77. The Bertz CT molecular complexity index is 1910. The van der Waals surface area contributed by atoms with E-state index in [1.54, 1.807) is 6.07 Å². The number of anilines is 1. The van der Waals surface area contributed by atoms with Gasteiger partial charge in [-0.3, -0.25) is 0 Å². The third-order valence-electron chi connectivity index (χ3n) is 7.21. The first-order chi connectivity index (χ1) is 19.0. The largest absolute Gasteiger partial charge is 0.422 e. The molecule has 5 heteroatoms. The zero-order valence-electron chi connectivity index (χ0n) is 21.8. The van der Waals surface area contributed by atoms with Crippen LogP contribution in [-0.2, 0) is 0 Å². The summed E-state index contributed by atoms with van der Waals surface area (Å²) >= 11 is 0. The molecule has 0 aliphatic carbocycles. The van der Waals surface area contributed by atoms with Crippen molar-refractivity contribution in [1.29, 1.82) is 0 Å². The Morgan fingerprint density at radius 3 is 1.59 bits per heavy atom. The van der Waals surface area contributed by atoms with Crippen LogP contribution in [0, 0.1) is 0 Å². The van der Waals surface area contributed by atoms with E-state index < -0.39 is 0 Å². The van der Waals surface area contributed by atoms with Gasteiger partial charge in [-0.2, -0.15) is 0 Å². The van der Waals surface area contributed by atoms with Crippen molar-refractivity contribution in [2.24, 2.45) is 0 Å². The molecule has 0 aliphatic heterocycles. The minimum Gasteiger partial charge on any atom is -0.422 e. The van der Waals surface area contributed by atoms with Gasteiger partial charge in [-0.25, -0.2) is 9.59 Å². The monoisotopic (exact) mass is 513 g/mol. The summed E-state index contributed by atoms with van der Waals surface area (Å²) in [6, 6.07) is 32.9. The number of benzene rings is 4. The number of rotatable bonds is 6.